The van der Waals surface area contributed by atoms with Crippen molar-refractivity contribution in [1.82, 2.24) is 4.98 Å². The van der Waals surface area contributed by atoms with Gasteiger partial charge in [0.05, 0.1) is 18.1 Å². The molecule has 0 saturated heterocycles. The van der Waals surface area contributed by atoms with E-state index in [0.717, 1.165) is 6.20 Å². The average molecular weight is 511 g/mol. The van der Waals surface area contributed by atoms with Crippen molar-refractivity contribution >= 4 is 28.0 Å². The Balaban J connectivity index is 1.69. The second-order valence-corrected chi connectivity index (χ2v) is 12.0. The van der Waals surface area contributed by atoms with E-state index >= 15 is 0 Å². The third kappa shape index (κ3) is 4.19. The number of nitrogens with zero attached hydrogens (tertiary/aromatic N) is 2. The molecule has 0 unspecified atom stereocenters. The lowest BCUT2D eigenvalue weighted by molar-refractivity contribution is -0.0501. The van der Waals surface area contributed by atoms with Crippen LogP contribution in [0.3, 0.4) is 0 Å². The Labute approximate surface area is 203 Å². The standard InChI is InChI=1S/C23H28F2N4O5S/c1-12-9-14(34-21(24)25)11-27-18(12)19(30)28-13-5-6-16-15(10-13)23(4)17(7-8-33-16)35(31,32)22(2,3)20(26)29-23/h5-6,9-11,17,21,31-32H,7-8H2,1-4H3,(H2,26,29)(H,28,30)/t17-,23-/m1/s1. The summed E-state index contributed by atoms with van der Waals surface area (Å²) in [6.45, 7) is 3.93. The number of aryl methyl sites for hydroxylation is 1. The van der Waals surface area contributed by atoms with Crippen LogP contribution in [0.1, 0.15) is 48.8 Å². The van der Waals surface area contributed by atoms with E-state index in [1.807, 2.05) is 0 Å². The molecule has 2 aliphatic rings. The molecule has 2 aliphatic heterocycles. The number of nitrogens with two attached hydrogens (primary N) is 1. The summed E-state index contributed by atoms with van der Waals surface area (Å²) in [5, 5.41) is 2.09. The van der Waals surface area contributed by atoms with E-state index in [2.05, 4.69) is 15.0 Å². The predicted molar refractivity (Wildman–Crippen MR) is 130 cm³/mol. The molecule has 2 aromatic rings. The van der Waals surface area contributed by atoms with Gasteiger partial charge in [0.25, 0.3) is 5.91 Å². The van der Waals surface area contributed by atoms with Gasteiger partial charge in [0.2, 0.25) is 0 Å². The van der Waals surface area contributed by atoms with Crippen LogP contribution in [0.15, 0.2) is 35.5 Å². The number of aliphatic imine (C=N–C) groups is 1. The highest BCUT2D eigenvalue weighted by Crippen LogP contribution is 2.66. The highest BCUT2D eigenvalue weighted by Gasteiger charge is 2.57. The minimum Gasteiger partial charge on any atom is -0.493 e. The molecule has 2 atom stereocenters. The quantitative estimate of drug-likeness (QED) is 0.475. The summed E-state index contributed by atoms with van der Waals surface area (Å²) < 4.78 is 56.5. The highest BCUT2D eigenvalue weighted by molar-refractivity contribution is 8.26. The van der Waals surface area contributed by atoms with Crippen LogP contribution in [0.2, 0.25) is 0 Å². The van der Waals surface area contributed by atoms with Crippen molar-refractivity contribution in [2.75, 3.05) is 11.9 Å². The molecule has 0 saturated carbocycles. The normalized spacial score (nSPS) is 25.3. The first-order chi connectivity index (χ1) is 16.3. The summed E-state index contributed by atoms with van der Waals surface area (Å²) >= 11 is 0. The van der Waals surface area contributed by atoms with Crippen molar-refractivity contribution in [1.29, 1.82) is 0 Å². The molecular weight excluding hydrogens is 482 g/mol. The van der Waals surface area contributed by atoms with E-state index in [0.29, 0.717) is 29.0 Å². The maximum absolute atomic E-state index is 12.9. The number of amidine groups is 1. The van der Waals surface area contributed by atoms with E-state index in [4.69, 9.17) is 15.5 Å². The fraction of sp³-hybridized carbons (Fsp3) is 0.435. The Bertz CT molecular complexity index is 1210. The van der Waals surface area contributed by atoms with Crippen LogP contribution >= 0.6 is 10.6 Å². The third-order valence-electron chi connectivity index (χ3n) is 6.66. The first-order valence-corrected chi connectivity index (χ1v) is 12.5. The third-order valence-corrected chi connectivity index (χ3v) is 9.86. The zero-order valence-electron chi connectivity index (χ0n) is 19.7. The summed E-state index contributed by atoms with van der Waals surface area (Å²) in [6.07, 6.45) is 1.41. The summed E-state index contributed by atoms with van der Waals surface area (Å²) in [7, 11) is -3.23. The Morgan fingerprint density at radius 2 is 2.03 bits per heavy atom. The molecule has 190 valence electrons. The van der Waals surface area contributed by atoms with Gasteiger partial charge in [-0.1, -0.05) is 0 Å². The molecule has 1 aromatic carbocycles. The van der Waals surface area contributed by atoms with E-state index in [1.54, 1.807) is 45.9 Å². The molecule has 0 spiro atoms. The summed E-state index contributed by atoms with van der Waals surface area (Å²) in [5.41, 5.74) is 6.46. The van der Waals surface area contributed by atoms with Gasteiger partial charge in [-0.3, -0.25) is 18.9 Å². The molecule has 0 aliphatic carbocycles. The van der Waals surface area contributed by atoms with Crippen molar-refractivity contribution in [2.24, 2.45) is 10.7 Å². The number of benzene rings is 1. The van der Waals surface area contributed by atoms with Crippen LogP contribution in [0.25, 0.3) is 0 Å². The molecular formula is C23H28F2N4O5S. The van der Waals surface area contributed by atoms with E-state index < -0.39 is 38.6 Å². The Kier molecular flexibility index (Phi) is 6.18. The number of carbonyl (C=O) groups is 1. The molecule has 0 bridgehead atoms. The molecule has 12 heteroatoms. The molecule has 3 heterocycles. The van der Waals surface area contributed by atoms with Gasteiger partial charge in [-0.05, 0) is 57.5 Å². The van der Waals surface area contributed by atoms with Crippen LogP contribution in [0.4, 0.5) is 14.5 Å². The number of rotatable bonds is 4. The maximum atomic E-state index is 12.9. The number of aromatic nitrogens is 1. The van der Waals surface area contributed by atoms with Crippen molar-refractivity contribution in [3.05, 3.63) is 47.3 Å². The number of fused-ring (bicyclic) bond motifs is 3. The van der Waals surface area contributed by atoms with Crippen molar-refractivity contribution in [2.45, 2.75) is 56.3 Å². The molecule has 5 N–H and O–H groups in total. The van der Waals surface area contributed by atoms with Crippen molar-refractivity contribution < 1.29 is 32.2 Å². The summed E-state index contributed by atoms with van der Waals surface area (Å²) in [4.78, 5) is 21.6. The number of amides is 1. The van der Waals surface area contributed by atoms with Crippen LogP contribution in [-0.4, -0.2) is 49.0 Å². The van der Waals surface area contributed by atoms with E-state index in [9.17, 15) is 22.7 Å². The zero-order valence-corrected chi connectivity index (χ0v) is 20.5. The number of halogens is 2. The molecule has 0 radical (unpaired) electrons. The van der Waals surface area contributed by atoms with Crippen LogP contribution in [0, 0.1) is 6.92 Å². The SMILES string of the molecule is Cc1cc(OC(F)F)cnc1C(=O)Nc1ccc2c(c1)[C@@]1(C)N=C(N)C(C)(C)S(O)(O)[C@@H]1CCO2. The fourth-order valence-corrected chi connectivity index (χ4v) is 6.82. The highest BCUT2D eigenvalue weighted by atomic mass is 32.3. The average Bonchev–Trinajstić information content (AvgIpc) is 2.89. The van der Waals surface area contributed by atoms with Gasteiger partial charge >= 0.3 is 6.61 Å². The second-order valence-electron chi connectivity index (χ2n) is 9.25. The number of nitrogens with one attached hydrogen (secondary N) is 1. The molecule has 1 aromatic heterocycles. The van der Waals surface area contributed by atoms with Crippen LogP contribution in [0.5, 0.6) is 11.5 Å². The Morgan fingerprint density at radius 3 is 2.69 bits per heavy atom. The van der Waals surface area contributed by atoms with Gasteiger partial charge < -0.3 is 20.5 Å². The van der Waals surface area contributed by atoms with E-state index in [1.165, 1.54) is 6.07 Å². The molecule has 4 rings (SSSR count). The van der Waals surface area contributed by atoms with Gasteiger partial charge in [-0.15, -0.1) is 0 Å². The first-order valence-electron chi connectivity index (χ1n) is 10.9. The van der Waals surface area contributed by atoms with Crippen LogP contribution in [-0.2, 0) is 5.54 Å². The summed E-state index contributed by atoms with van der Waals surface area (Å²) in [5.74, 6) is -0.0732. The lowest BCUT2D eigenvalue weighted by atomic mass is 9.86. The van der Waals surface area contributed by atoms with Crippen LogP contribution < -0.4 is 20.5 Å². The van der Waals surface area contributed by atoms with E-state index in [-0.39, 0.29) is 23.9 Å². The van der Waals surface area contributed by atoms with Gasteiger partial charge in [0.1, 0.15) is 33.3 Å². The number of anilines is 1. The Morgan fingerprint density at radius 1 is 1.31 bits per heavy atom. The molecule has 0 fully saturated rings. The zero-order chi connectivity index (χ0) is 25.8. The smallest absolute Gasteiger partial charge is 0.387 e. The molecule has 35 heavy (non-hydrogen) atoms. The monoisotopic (exact) mass is 510 g/mol. The Hall–Kier alpha value is -2.96. The van der Waals surface area contributed by atoms with Gasteiger partial charge in [-0.25, -0.2) is 4.98 Å². The number of hydrogen-bond acceptors (Lipinski definition) is 8. The van der Waals surface area contributed by atoms with Gasteiger partial charge in [0, 0.05) is 17.7 Å². The summed E-state index contributed by atoms with van der Waals surface area (Å²) in [6, 6.07) is 6.29. The molecule has 1 amide bonds. The number of hydrogen-bond donors (Lipinski definition) is 4. The lowest BCUT2D eigenvalue weighted by Crippen LogP contribution is -2.56. The number of alkyl halides is 2. The topological polar surface area (TPSA) is 139 Å². The van der Waals surface area contributed by atoms with Gasteiger partial charge in [-0.2, -0.15) is 19.4 Å². The first kappa shape index (κ1) is 25.1. The fourth-order valence-electron chi connectivity index (χ4n) is 4.51. The predicted octanol–water partition coefficient (Wildman–Crippen LogP) is 4.51. The van der Waals surface area contributed by atoms with Crippen molar-refractivity contribution in [3.8, 4) is 11.5 Å². The largest absolute Gasteiger partial charge is 0.493 e. The minimum atomic E-state index is -3.23. The minimum absolute atomic E-state index is 0.0396. The molecule has 9 nitrogen and oxygen atoms in total. The maximum Gasteiger partial charge on any atom is 0.387 e. The number of carbonyl (C=O) groups excluding carboxylic acids is 1. The van der Waals surface area contributed by atoms with Crippen molar-refractivity contribution in [3.63, 3.8) is 0 Å². The van der Waals surface area contributed by atoms with Gasteiger partial charge in [0.15, 0.2) is 0 Å². The lowest BCUT2D eigenvalue weighted by Gasteiger charge is -2.58. The number of ether oxygens (including phenoxy) is 2. The second kappa shape index (κ2) is 8.61. The number of pyridine rings is 1.